The molecule has 17 heavy (non-hydrogen) atoms. The average molecular weight is 313 g/mol. The van der Waals surface area contributed by atoms with Crippen molar-refractivity contribution in [2.24, 2.45) is 5.73 Å². The van der Waals surface area contributed by atoms with Gasteiger partial charge in [-0.25, -0.2) is 8.42 Å². The highest BCUT2D eigenvalue weighted by molar-refractivity contribution is 7.91. The first kappa shape index (κ1) is 14.8. The summed E-state index contributed by atoms with van der Waals surface area (Å²) in [6.07, 6.45) is 0.695. The maximum absolute atomic E-state index is 12.2. The summed E-state index contributed by atoms with van der Waals surface area (Å²) in [5.41, 5.74) is 5.41. The number of hydrogen-bond donors (Lipinski definition) is 1. The van der Waals surface area contributed by atoms with Gasteiger partial charge in [0, 0.05) is 6.54 Å². The van der Waals surface area contributed by atoms with Gasteiger partial charge in [-0.3, -0.25) is 0 Å². The molecule has 0 saturated carbocycles. The smallest absolute Gasteiger partial charge is 0.252 e. The molecule has 0 aromatic carbocycles. The molecule has 0 aliphatic carbocycles. The molecule has 0 aliphatic heterocycles. The van der Waals surface area contributed by atoms with Crippen molar-refractivity contribution in [1.82, 2.24) is 4.31 Å². The first-order valence-corrected chi connectivity index (χ1v) is 7.96. The van der Waals surface area contributed by atoms with Gasteiger partial charge >= 0.3 is 0 Å². The number of nitrogens with two attached hydrogens (primary N) is 1. The summed E-state index contributed by atoms with van der Waals surface area (Å²) in [5, 5.41) is 0. The van der Waals surface area contributed by atoms with Gasteiger partial charge in [-0.15, -0.1) is 11.3 Å². The Hall–Kier alpha value is -0.210. The summed E-state index contributed by atoms with van der Waals surface area (Å²) in [5.74, 6) is 0. The summed E-state index contributed by atoms with van der Waals surface area (Å²) in [6, 6.07) is 3.05. The number of sulfonamides is 1. The normalized spacial score (nSPS) is 11.9. The molecule has 1 rings (SSSR count). The van der Waals surface area contributed by atoms with E-state index in [1.807, 2.05) is 6.92 Å². The Morgan fingerprint density at radius 2 is 2.24 bits per heavy atom. The van der Waals surface area contributed by atoms with Crippen LogP contribution in [0.25, 0.3) is 0 Å². The topological polar surface area (TPSA) is 63.4 Å². The number of thiophene rings is 1. The van der Waals surface area contributed by atoms with Gasteiger partial charge in [0.05, 0.1) is 15.9 Å². The zero-order valence-electron chi connectivity index (χ0n) is 9.22. The first-order chi connectivity index (χ1) is 7.87. The molecular formula is C9H13ClN2O2S3. The molecular weight excluding hydrogens is 300 g/mol. The van der Waals surface area contributed by atoms with E-state index in [0.29, 0.717) is 17.3 Å². The highest BCUT2D eigenvalue weighted by Gasteiger charge is 2.25. The summed E-state index contributed by atoms with van der Waals surface area (Å²) in [7, 11) is -3.54. The van der Waals surface area contributed by atoms with Crippen LogP contribution < -0.4 is 5.73 Å². The van der Waals surface area contributed by atoms with Crippen molar-refractivity contribution in [3.05, 3.63) is 16.5 Å². The molecule has 0 saturated heterocycles. The van der Waals surface area contributed by atoms with Crippen LogP contribution in [0.5, 0.6) is 0 Å². The van der Waals surface area contributed by atoms with Gasteiger partial charge in [0.15, 0.2) is 0 Å². The fourth-order valence-corrected chi connectivity index (χ4v) is 4.66. The third-order valence-corrected chi connectivity index (χ3v) is 5.62. The second-order valence-electron chi connectivity index (χ2n) is 3.36. The zero-order valence-corrected chi connectivity index (χ0v) is 12.4. The van der Waals surface area contributed by atoms with E-state index in [9.17, 15) is 8.42 Å². The lowest BCUT2D eigenvalue weighted by molar-refractivity contribution is 0.451. The highest BCUT2D eigenvalue weighted by atomic mass is 35.5. The molecule has 4 nitrogen and oxygen atoms in total. The maximum Gasteiger partial charge on any atom is 0.252 e. The molecule has 96 valence electrons. The van der Waals surface area contributed by atoms with Gasteiger partial charge in [-0.05, 0) is 18.6 Å². The third kappa shape index (κ3) is 3.89. The summed E-state index contributed by atoms with van der Waals surface area (Å²) in [6.45, 7) is 2.33. The number of halogens is 1. The quantitative estimate of drug-likeness (QED) is 0.817. The van der Waals surface area contributed by atoms with E-state index in [1.165, 1.54) is 10.4 Å². The summed E-state index contributed by atoms with van der Waals surface area (Å²) in [4.78, 5) is 0.157. The van der Waals surface area contributed by atoms with Gasteiger partial charge in [0.2, 0.25) is 0 Å². The van der Waals surface area contributed by atoms with Crippen LogP contribution in [-0.4, -0.2) is 30.8 Å². The molecule has 0 aliphatic rings. The molecule has 1 heterocycles. The van der Waals surface area contributed by atoms with E-state index >= 15 is 0 Å². The average Bonchev–Trinajstić information content (AvgIpc) is 2.64. The minimum atomic E-state index is -3.54. The fraction of sp³-hybridized carbons (Fsp3) is 0.444. The summed E-state index contributed by atoms with van der Waals surface area (Å²) < 4.78 is 26.4. The molecule has 0 atom stereocenters. The van der Waals surface area contributed by atoms with Crippen LogP contribution in [0.15, 0.2) is 16.3 Å². The SMILES string of the molecule is CCCN(CC(N)=S)S(=O)(=O)c1ccc(Cl)s1. The van der Waals surface area contributed by atoms with E-state index in [4.69, 9.17) is 29.6 Å². The standard InChI is InChI=1S/C9H13ClN2O2S3/c1-2-5-12(6-8(11)15)17(13,14)9-4-3-7(10)16-9/h3-4H,2,5-6H2,1H3,(H2,11,15). The predicted octanol–water partition coefficient (Wildman–Crippen LogP) is 2.09. The van der Waals surface area contributed by atoms with Crippen molar-refractivity contribution in [2.45, 2.75) is 17.6 Å². The Labute approximate surface area is 115 Å². The second kappa shape index (κ2) is 6.10. The molecule has 0 fully saturated rings. The van der Waals surface area contributed by atoms with Gasteiger partial charge in [-0.1, -0.05) is 30.7 Å². The minimum Gasteiger partial charge on any atom is -0.392 e. The molecule has 1 aromatic heterocycles. The minimum absolute atomic E-state index is 0.0566. The Balaban J connectivity index is 3.03. The lowest BCUT2D eigenvalue weighted by atomic mass is 10.5. The molecule has 8 heteroatoms. The van der Waals surface area contributed by atoms with Crippen molar-refractivity contribution in [2.75, 3.05) is 13.1 Å². The van der Waals surface area contributed by atoms with Crippen molar-refractivity contribution in [3.8, 4) is 0 Å². The highest BCUT2D eigenvalue weighted by Crippen LogP contribution is 2.28. The first-order valence-electron chi connectivity index (χ1n) is 4.91. The van der Waals surface area contributed by atoms with Gasteiger partial charge in [-0.2, -0.15) is 4.31 Å². The Morgan fingerprint density at radius 1 is 1.59 bits per heavy atom. The van der Waals surface area contributed by atoms with Crippen molar-refractivity contribution in [3.63, 3.8) is 0 Å². The van der Waals surface area contributed by atoms with Gasteiger partial charge in [0.1, 0.15) is 4.21 Å². The molecule has 0 unspecified atom stereocenters. The van der Waals surface area contributed by atoms with Crippen molar-refractivity contribution in [1.29, 1.82) is 0 Å². The van der Waals surface area contributed by atoms with Crippen LogP contribution in [0.3, 0.4) is 0 Å². The molecule has 2 N–H and O–H groups in total. The molecule has 0 bridgehead atoms. The van der Waals surface area contributed by atoms with Gasteiger partial charge < -0.3 is 5.73 Å². The number of nitrogens with zero attached hydrogens (tertiary/aromatic N) is 1. The Bertz CT molecular complexity index is 498. The Kier molecular flexibility index (Phi) is 5.33. The van der Waals surface area contributed by atoms with E-state index in [2.05, 4.69) is 0 Å². The van der Waals surface area contributed by atoms with Crippen LogP contribution in [-0.2, 0) is 10.0 Å². The van der Waals surface area contributed by atoms with E-state index in [0.717, 1.165) is 11.3 Å². The van der Waals surface area contributed by atoms with Crippen molar-refractivity contribution >= 4 is 50.2 Å². The molecule has 1 aromatic rings. The molecule has 0 spiro atoms. The van der Waals surface area contributed by atoms with Crippen LogP contribution in [0.2, 0.25) is 4.34 Å². The summed E-state index contributed by atoms with van der Waals surface area (Å²) >= 11 is 11.5. The monoisotopic (exact) mass is 312 g/mol. The second-order valence-corrected chi connectivity index (χ2v) is 7.77. The third-order valence-electron chi connectivity index (χ3n) is 1.95. The van der Waals surface area contributed by atoms with Gasteiger partial charge in [0.25, 0.3) is 10.0 Å². The van der Waals surface area contributed by atoms with Crippen LogP contribution in [0, 0.1) is 0 Å². The molecule has 0 amide bonds. The van der Waals surface area contributed by atoms with E-state index < -0.39 is 10.0 Å². The van der Waals surface area contributed by atoms with Crippen LogP contribution in [0.1, 0.15) is 13.3 Å². The lowest BCUT2D eigenvalue weighted by Crippen LogP contribution is -2.37. The number of hydrogen-bond acceptors (Lipinski definition) is 4. The maximum atomic E-state index is 12.2. The lowest BCUT2D eigenvalue weighted by Gasteiger charge is -2.19. The number of thiocarbonyl (C=S) groups is 1. The Morgan fingerprint density at radius 3 is 2.65 bits per heavy atom. The van der Waals surface area contributed by atoms with E-state index in [-0.39, 0.29) is 15.7 Å². The van der Waals surface area contributed by atoms with Crippen molar-refractivity contribution < 1.29 is 8.42 Å². The molecule has 0 radical (unpaired) electrons. The number of rotatable bonds is 6. The predicted molar refractivity (Wildman–Crippen MR) is 75.2 cm³/mol. The largest absolute Gasteiger partial charge is 0.392 e. The zero-order chi connectivity index (χ0) is 13.1. The van der Waals surface area contributed by atoms with Crippen LogP contribution in [0.4, 0.5) is 0 Å². The fourth-order valence-electron chi connectivity index (χ4n) is 1.27. The van der Waals surface area contributed by atoms with E-state index in [1.54, 1.807) is 6.07 Å². The van der Waals surface area contributed by atoms with Crippen LogP contribution >= 0.6 is 35.2 Å².